The Morgan fingerprint density at radius 1 is 1.20 bits per heavy atom. The smallest absolute Gasteiger partial charge is 0.322 e. The number of rotatable bonds is 4. The van der Waals surface area contributed by atoms with Crippen LogP contribution in [0.4, 0.5) is 10.5 Å². The van der Waals surface area contributed by atoms with Crippen LogP contribution in [0.2, 0.25) is 0 Å². The molecule has 0 saturated carbocycles. The molecule has 1 aliphatic rings. The lowest BCUT2D eigenvalue weighted by Gasteiger charge is -2.33. The van der Waals surface area contributed by atoms with Crippen molar-refractivity contribution in [2.45, 2.75) is 39.2 Å². The van der Waals surface area contributed by atoms with E-state index in [2.05, 4.69) is 21.5 Å². The number of nitrogens with one attached hydrogen (secondary N) is 1. The number of carbonyl (C=O) groups excluding carboxylic acids is 1. The molecule has 1 saturated heterocycles. The molecule has 7 nitrogen and oxygen atoms in total. The average Bonchev–Trinajstić information content (AvgIpc) is 3.26. The number of anilines is 1. The van der Waals surface area contributed by atoms with Gasteiger partial charge in [0.05, 0.1) is 7.11 Å². The summed E-state index contributed by atoms with van der Waals surface area (Å²) >= 11 is 0. The maximum Gasteiger partial charge on any atom is 0.322 e. The number of aromatic nitrogens is 2. The molecular formula is C23H26N4O3. The molecule has 4 rings (SSSR count). The molecule has 0 radical (unpaired) electrons. The van der Waals surface area contributed by atoms with Gasteiger partial charge in [-0.3, -0.25) is 0 Å². The molecule has 1 unspecified atom stereocenters. The molecule has 0 spiro atoms. The van der Waals surface area contributed by atoms with E-state index in [9.17, 15) is 4.79 Å². The van der Waals surface area contributed by atoms with Crippen molar-refractivity contribution in [3.63, 3.8) is 0 Å². The Morgan fingerprint density at radius 3 is 2.87 bits per heavy atom. The summed E-state index contributed by atoms with van der Waals surface area (Å²) < 4.78 is 10.9. The molecular weight excluding hydrogens is 380 g/mol. The van der Waals surface area contributed by atoms with Gasteiger partial charge in [0, 0.05) is 17.8 Å². The molecule has 1 aromatic heterocycles. The van der Waals surface area contributed by atoms with Gasteiger partial charge in [0.1, 0.15) is 11.8 Å². The van der Waals surface area contributed by atoms with Crippen molar-refractivity contribution in [1.29, 1.82) is 0 Å². The second-order valence-corrected chi connectivity index (χ2v) is 7.64. The molecule has 0 bridgehead atoms. The highest BCUT2D eigenvalue weighted by Gasteiger charge is 2.32. The van der Waals surface area contributed by atoms with E-state index >= 15 is 0 Å². The predicted octanol–water partition coefficient (Wildman–Crippen LogP) is 5.12. The Bertz CT molecular complexity index is 1050. The Balaban J connectivity index is 1.55. The van der Waals surface area contributed by atoms with Crippen LogP contribution in [-0.4, -0.2) is 34.7 Å². The molecule has 2 aromatic carbocycles. The van der Waals surface area contributed by atoms with E-state index in [1.165, 1.54) is 0 Å². The first kappa shape index (κ1) is 19.9. The maximum absolute atomic E-state index is 13.1. The second-order valence-electron chi connectivity index (χ2n) is 7.64. The monoisotopic (exact) mass is 406 g/mol. The quantitative estimate of drug-likeness (QED) is 0.650. The van der Waals surface area contributed by atoms with Crippen molar-refractivity contribution in [3.05, 3.63) is 59.5 Å². The van der Waals surface area contributed by atoms with Gasteiger partial charge in [-0.25, -0.2) is 4.79 Å². The summed E-state index contributed by atoms with van der Waals surface area (Å²) in [5, 5.41) is 7.18. The van der Waals surface area contributed by atoms with E-state index in [-0.39, 0.29) is 12.1 Å². The van der Waals surface area contributed by atoms with Gasteiger partial charge in [0.15, 0.2) is 0 Å². The van der Waals surface area contributed by atoms with Crippen LogP contribution < -0.4 is 10.1 Å². The molecule has 7 heteroatoms. The first-order chi connectivity index (χ1) is 14.5. The van der Waals surface area contributed by atoms with E-state index in [1.54, 1.807) is 12.0 Å². The number of benzene rings is 2. The normalized spacial score (nSPS) is 16.4. The van der Waals surface area contributed by atoms with Crippen molar-refractivity contribution in [2.75, 3.05) is 19.0 Å². The number of methoxy groups -OCH3 is 1. The number of urea groups is 1. The summed E-state index contributed by atoms with van der Waals surface area (Å²) in [5.74, 6) is 1.68. The lowest BCUT2D eigenvalue weighted by molar-refractivity contribution is 0.142. The van der Waals surface area contributed by atoms with Gasteiger partial charge < -0.3 is 19.5 Å². The van der Waals surface area contributed by atoms with Crippen LogP contribution in [0.5, 0.6) is 5.75 Å². The lowest BCUT2D eigenvalue weighted by Crippen LogP contribution is -2.41. The van der Waals surface area contributed by atoms with Gasteiger partial charge in [-0.05, 0) is 56.9 Å². The van der Waals surface area contributed by atoms with Crippen molar-refractivity contribution >= 4 is 11.7 Å². The molecule has 0 aliphatic carbocycles. The summed E-state index contributed by atoms with van der Waals surface area (Å²) in [5.41, 5.74) is 3.83. The number of amides is 2. The number of nitrogens with zero attached hydrogens (tertiary/aromatic N) is 3. The van der Waals surface area contributed by atoms with Crippen molar-refractivity contribution in [2.24, 2.45) is 0 Å². The highest BCUT2D eigenvalue weighted by Crippen LogP contribution is 2.32. The number of hydrogen-bond acceptors (Lipinski definition) is 5. The number of hydrogen-bond donors (Lipinski definition) is 1. The molecule has 1 fully saturated rings. The number of aryl methyl sites for hydroxylation is 2. The summed E-state index contributed by atoms with van der Waals surface area (Å²) in [4.78, 5) is 19.4. The van der Waals surface area contributed by atoms with E-state index in [4.69, 9.17) is 9.26 Å². The Kier molecular flexibility index (Phi) is 5.70. The SMILES string of the molecule is COc1cccc(-c2noc(C3CCCCN3C(=O)Nc3ccc(C)cc3C)n2)c1. The molecule has 1 N–H and O–H groups in total. The van der Waals surface area contributed by atoms with Crippen LogP contribution in [0, 0.1) is 13.8 Å². The minimum absolute atomic E-state index is 0.146. The molecule has 2 heterocycles. The summed E-state index contributed by atoms with van der Waals surface area (Å²) in [6.45, 7) is 4.68. The molecule has 156 valence electrons. The molecule has 1 aliphatic heterocycles. The van der Waals surface area contributed by atoms with E-state index in [0.29, 0.717) is 18.3 Å². The van der Waals surface area contributed by atoms with Crippen LogP contribution in [0.15, 0.2) is 47.0 Å². The van der Waals surface area contributed by atoms with Gasteiger partial charge >= 0.3 is 6.03 Å². The third-order valence-electron chi connectivity index (χ3n) is 5.44. The largest absolute Gasteiger partial charge is 0.497 e. The minimum Gasteiger partial charge on any atom is -0.497 e. The van der Waals surface area contributed by atoms with E-state index in [0.717, 1.165) is 47.4 Å². The van der Waals surface area contributed by atoms with Crippen molar-refractivity contribution in [3.8, 4) is 17.1 Å². The Hall–Kier alpha value is -3.35. The van der Waals surface area contributed by atoms with Crippen LogP contribution >= 0.6 is 0 Å². The summed E-state index contributed by atoms with van der Waals surface area (Å²) in [6.07, 6.45) is 2.75. The highest BCUT2D eigenvalue weighted by molar-refractivity contribution is 5.90. The molecule has 3 aromatic rings. The third-order valence-corrected chi connectivity index (χ3v) is 5.44. The zero-order valence-corrected chi connectivity index (χ0v) is 17.5. The average molecular weight is 406 g/mol. The Labute approximate surface area is 176 Å². The molecule has 1 atom stereocenters. The fourth-order valence-corrected chi connectivity index (χ4v) is 3.82. The first-order valence-electron chi connectivity index (χ1n) is 10.2. The number of carbonyl (C=O) groups is 1. The van der Waals surface area contributed by atoms with Gasteiger partial charge in [-0.2, -0.15) is 4.98 Å². The summed E-state index contributed by atoms with van der Waals surface area (Å²) in [6, 6.07) is 13.1. The number of likely N-dealkylation sites (tertiary alicyclic amines) is 1. The third kappa shape index (κ3) is 4.15. The Morgan fingerprint density at radius 2 is 2.07 bits per heavy atom. The van der Waals surface area contributed by atoms with Gasteiger partial charge in [-0.1, -0.05) is 35.0 Å². The first-order valence-corrected chi connectivity index (χ1v) is 10.2. The van der Waals surface area contributed by atoms with E-state index < -0.39 is 0 Å². The van der Waals surface area contributed by atoms with Gasteiger partial charge in [0.25, 0.3) is 0 Å². The van der Waals surface area contributed by atoms with Crippen LogP contribution in [0.3, 0.4) is 0 Å². The zero-order valence-electron chi connectivity index (χ0n) is 17.5. The highest BCUT2D eigenvalue weighted by atomic mass is 16.5. The van der Waals surface area contributed by atoms with Gasteiger partial charge in [0.2, 0.25) is 11.7 Å². The number of piperidine rings is 1. The minimum atomic E-state index is -0.239. The number of ether oxygens (including phenoxy) is 1. The van der Waals surface area contributed by atoms with Crippen LogP contribution in [0.25, 0.3) is 11.4 Å². The fraction of sp³-hybridized carbons (Fsp3) is 0.348. The lowest BCUT2D eigenvalue weighted by atomic mass is 10.0. The maximum atomic E-state index is 13.1. The molecule has 30 heavy (non-hydrogen) atoms. The summed E-state index contributed by atoms with van der Waals surface area (Å²) in [7, 11) is 1.62. The topological polar surface area (TPSA) is 80.5 Å². The fourth-order valence-electron chi connectivity index (χ4n) is 3.82. The molecule has 2 amide bonds. The van der Waals surface area contributed by atoms with E-state index in [1.807, 2.05) is 50.2 Å². The zero-order chi connectivity index (χ0) is 21.1. The second kappa shape index (κ2) is 8.57. The van der Waals surface area contributed by atoms with Crippen LogP contribution in [0.1, 0.15) is 42.3 Å². The van der Waals surface area contributed by atoms with Crippen LogP contribution in [-0.2, 0) is 0 Å². The van der Waals surface area contributed by atoms with Gasteiger partial charge in [-0.15, -0.1) is 0 Å². The van der Waals surface area contributed by atoms with Crippen molar-refractivity contribution in [1.82, 2.24) is 15.0 Å². The van der Waals surface area contributed by atoms with Crippen molar-refractivity contribution < 1.29 is 14.1 Å². The predicted molar refractivity (Wildman–Crippen MR) is 115 cm³/mol. The standard InChI is InChI=1S/C23H26N4O3/c1-15-10-11-19(16(2)13-15)24-23(28)27-12-5-4-9-20(27)22-25-21(26-30-22)17-7-6-8-18(14-17)29-3/h6-8,10-11,13-14,20H,4-5,9,12H2,1-3H3,(H,24,28).